The van der Waals surface area contributed by atoms with Gasteiger partial charge >= 0.3 is 0 Å². The van der Waals surface area contributed by atoms with Gasteiger partial charge in [-0.3, -0.25) is 9.89 Å². The second-order valence-corrected chi connectivity index (χ2v) is 4.44. The molecule has 0 aliphatic heterocycles. The lowest BCUT2D eigenvalue weighted by Gasteiger charge is -2.07. The Morgan fingerprint density at radius 1 is 1.45 bits per heavy atom. The number of nitrogens with one attached hydrogen (secondary N) is 2. The number of amides is 1. The van der Waals surface area contributed by atoms with Crippen LogP contribution in [-0.4, -0.2) is 27.3 Å². The third-order valence-corrected chi connectivity index (χ3v) is 3.03. The van der Waals surface area contributed by atoms with Gasteiger partial charge in [0.1, 0.15) is 5.75 Å². The summed E-state index contributed by atoms with van der Waals surface area (Å²) in [6.07, 6.45) is 5.11. The van der Waals surface area contributed by atoms with Crippen molar-refractivity contribution in [2.24, 2.45) is 7.05 Å². The maximum Gasteiger partial charge on any atom is 0.262 e. The molecule has 0 spiro atoms. The fourth-order valence-corrected chi connectivity index (χ4v) is 2.06. The molecule has 6 heteroatoms. The second-order valence-electron chi connectivity index (χ2n) is 4.44. The number of carbonyl (C=O) groups excluding carboxylic acids is 1. The number of nitrogens with zero attached hydrogens (tertiary/aromatic N) is 2. The first kappa shape index (κ1) is 12.3. The zero-order valence-electron chi connectivity index (χ0n) is 11.0. The molecule has 0 atom stereocenters. The van der Waals surface area contributed by atoms with E-state index >= 15 is 0 Å². The average Bonchev–Trinajstić information content (AvgIpc) is 3.07. The molecule has 0 unspecified atom stereocenters. The maximum absolute atomic E-state index is 11.7. The molecule has 6 nitrogen and oxygen atoms in total. The van der Waals surface area contributed by atoms with E-state index in [0.717, 1.165) is 10.9 Å². The van der Waals surface area contributed by atoms with Gasteiger partial charge in [0.2, 0.25) is 0 Å². The van der Waals surface area contributed by atoms with E-state index in [1.807, 2.05) is 42.1 Å². The van der Waals surface area contributed by atoms with Crippen molar-refractivity contribution in [3.8, 4) is 5.75 Å². The van der Waals surface area contributed by atoms with Gasteiger partial charge in [-0.15, -0.1) is 0 Å². The number of aromatic amines is 1. The smallest absolute Gasteiger partial charge is 0.262 e. The van der Waals surface area contributed by atoms with E-state index in [1.54, 1.807) is 6.20 Å². The largest absolute Gasteiger partial charge is 0.483 e. The van der Waals surface area contributed by atoms with E-state index in [4.69, 9.17) is 4.74 Å². The second kappa shape index (κ2) is 5.08. The Morgan fingerprint density at radius 3 is 3.15 bits per heavy atom. The van der Waals surface area contributed by atoms with Crippen molar-refractivity contribution in [3.63, 3.8) is 0 Å². The van der Waals surface area contributed by atoms with Gasteiger partial charge in [0.05, 0.1) is 17.4 Å². The van der Waals surface area contributed by atoms with Crippen LogP contribution in [0.25, 0.3) is 10.9 Å². The number of anilines is 1. The van der Waals surface area contributed by atoms with E-state index in [0.29, 0.717) is 11.4 Å². The Bertz CT molecular complexity index is 731. The van der Waals surface area contributed by atoms with Crippen LogP contribution in [0.5, 0.6) is 5.75 Å². The van der Waals surface area contributed by atoms with E-state index in [9.17, 15) is 4.79 Å². The van der Waals surface area contributed by atoms with Crippen LogP contribution in [0, 0.1) is 0 Å². The summed E-state index contributed by atoms with van der Waals surface area (Å²) in [6, 6.07) is 7.74. The van der Waals surface area contributed by atoms with Crippen molar-refractivity contribution in [1.82, 2.24) is 14.8 Å². The highest BCUT2D eigenvalue weighted by molar-refractivity contribution is 5.92. The number of H-pyrrole nitrogens is 1. The van der Waals surface area contributed by atoms with E-state index < -0.39 is 0 Å². The monoisotopic (exact) mass is 270 g/mol. The minimum Gasteiger partial charge on any atom is -0.483 e. The Balaban J connectivity index is 1.69. The number of benzene rings is 1. The highest BCUT2D eigenvalue weighted by atomic mass is 16.5. The Morgan fingerprint density at radius 2 is 2.35 bits per heavy atom. The third kappa shape index (κ3) is 2.35. The van der Waals surface area contributed by atoms with Gasteiger partial charge < -0.3 is 14.6 Å². The summed E-state index contributed by atoms with van der Waals surface area (Å²) in [5.41, 5.74) is 1.69. The highest BCUT2D eigenvalue weighted by Gasteiger charge is 2.08. The minimum atomic E-state index is -0.223. The zero-order chi connectivity index (χ0) is 13.9. The lowest BCUT2D eigenvalue weighted by molar-refractivity contribution is -0.118. The normalized spacial score (nSPS) is 10.7. The van der Waals surface area contributed by atoms with Crippen molar-refractivity contribution in [3.05, 3.63) is 42.9 Å². The van der Waals surface area contributed by atoms with Crippen molar-refractivity contribution in [2.45, 2.75) is 0 Å². The lowest BCUT2D eigenvalue weighted by atomic mass is 10.2. The van der Waals surface area contributed by atoms with Crippen LogP contribution in [0.1, 0.15) is 0 Å². The topological polar surface area (TPSA) is 71.9 Å². The molecular weight excluding hydrogens is 256 g/mol. The molecule has 1 amide bonds. The summed E-state index contributed by atoms with van der Waals surface area (Å²) >= 11 is 0. The molecule has 0 aliphatic rings. The SMILES string of the molecule is Cn1ccc2c(OCC(=O)Nc3cn[nH]c3)cccc21. The molecule has 1 aromatic carbocycles. The number of ether oxygens (including phenoxy) is 1. The van der Waals surface area contributed by atoms with E-state index in [-0.39, 0.29) is 12.5 Å². The van der Waals surface area contributed by atoms with Gasteiger partial charge in [-0.05, 0) is 18.2 Å². The van der Waals surface area contributed by atoms with Crippen LogP contribution in [0.15, 0.2) is 42.9 Å². The third-order valence-electron chi connectivity index (χ3n) is 3.03. The van der Waals surface area contributed by atoms with Gasteiger partial charge in [0.25, 0.3) is 5.91 Å². The molecule has 2 aromatic heterocycles. The van der Waals surface area contributed by atoms with Gasteiger partial charge in [-0.25, -0.2) is 0 Å². The summed E-state index contributed by atoms with van der Waals surface area (Å²) in [5.74, 6) is 0.477. The van der Waals surface area contributed by atoms with Gasteiger partial charge in [0.15, 0.2) is 6.61 Å². The fraction of sp³-hybridized carbons (Fsp3) is 0.143. The van der Waals surface area contributed by atoms with Crippen LogP contribution < -0.4 is 10.1 Å². The molecule has 0 fully saturated rings. The van der Waals surface area contributed by atoms with Crippen molar-refractivity contribution in [2.75, 3.05) is 11.9 Å². The zero-order valence-corrected chi connectivity index (χ0v) is 11.0. The number of rotatable bonds is 4. The molecule has 0 aliphatic carbocycles. The molecule has 3 rings (SSSR count). The highest BCUT2D eigenvalue weighted by Crippen LogP contribution is 2.25. The van der Waals surface area contributed by atoms with Crippen molar-refractivity contribution in [1.29, 1.82) is 0 Å². The molecule has 0 radical (unpaired) electrons. The summed E-state index contributed by atoms with van der Waals surface area (Å²) in [7, 11) is 1.97. The van der Waals surface area contributed by atoms with Crippen LogP contribution in [0.2, 0.25) is 0 Å². The molecule has 0 bridgehead atoms. The standard InChI is InChI=1S/C14H14N4O2/c1-18-6-5-11-12(18)3-2-4-13(11)20-9-14(19)17-10-7-15-16-8-10/h2-8H,9H2,1H3,(H,15,16)(H,17,19). The van der Waals surface area contributed by atoms with Crippen LogP contribution in [-0.2, 0) is 11.8 Å². The quantitative estimate of drug-likeness (QED) is 0.760. The summed E-state index contributed by atoms with van der Waals surface area (Å²) in [5, 5.41) is 10.1. The molecule has 0 saturated carbocycles. The first-order chi connectivity index (χ1) is 9.74. The molecule has 102 valence electrons. The summed E-state index contributed by atoms with van der Waals surface area (Å²) in [4.78, 5) is 11.7. The van der Waals surface area contributed by atoms with E-state index in [2.05, 4.69) is 15.5 Å². The molecule has 2 heterocycles. The molecular formula is C14H14N4O2. The average molecular weight is 270 g/mol. The first-order valence-corrected chi connectivity index (χ1v) is 6.19. The maximum atomic E-state index is 11.7. The predicted octanol–water partition coefficient (Wildman–Crippen LogP) is 1.92. The molecule has 2 N–H and O–H groups in total. The Labute approximate surface area is 115 Å². The van der Waals surface area contributed by atoms with Crippen LogP contribution in [0.3, 0.4) is 0 Å². The van der Waals surface area contributed by atoms with Gasteiger partial charge in [0, 0.05) is 24.8 Å². The lowest BCUT2D eigenvalue weighted by Crippen LogP contribution is -2.19. The number of fused-ring (bicyclic) bond motifs is 1. The minimum absolute atomic E-state index is 0.0425. The van der Waals surface area contributed by atoms with Crippen molar-refractivity contribution >= 4 is 22.5 Å². The summed E-state index contributed by atoms with van der Waals surface area (Å²) in [6.45, 7) is -0.0425. The fourth-order valence-electron chi connectivity index (χ4n) is 2.06. The number of hydrogen-bond donors (Lipinski definition) is 2. The van der Waals surface area contributed by atoms with Crippen LogP contribution >= 0.6 is 0 Å². The number of carbonyl (C=O) groups is 1. The van der Waals surface area contributed by atoms with E-state index in [1.165, 1.54) is 6.20 Å². The molecule has 20 heavy (non-hydrogen) atoms. The Hall–Kier alpha value is -2.76. The van der Waals surface area contributed by atoms with Crippen LogP contribution in [0.4, 0.5) is 5.69 Å². The number of hydrogen-bond acceptors (Lipinski definition) is 3. The predicted molar refractivity (Wildman–Crippen MR) is 75.6 cm³/mol. The Kier molecular flexibility index (Phi) is 3.12. The summed E-state index contributed by atoms with van der Waals surface area (Å²) < 4.78 is 7.59. The first-order valence-electron chi connectivity index (χ1n) is 6.19. The van der Waals surface area contributed by atoms with Crippen molar-refractivity contribution < 1.29 is 9.53 Å². The number of aryl methyl sites for hydroxylation is 1. The number of aromatic nitrogens is 3. The van der Waals surface area contributed by atoms with Gasteiger partial charge in [-0.1, -0.05) is 6.07 Å². The molecule has 0 saturated heterocycles. The van der Waals surface area contributed by atoms with Gasteiger partial charge in [-0.2, -0.15) is 5.10 Å². The molecule has 3 aromatic rings.